The third-order valence-electron chi connectivity index (χ3n) is 3.17. The number of carboxylic acid groups (broad SMARTS) is 1. The molecular weight excluding hydrogens is 234 g/mol. The SMILES string of the molecule is O=C(O)c1cnc(C2CCc3ccccc32)s1. The zero-order valence-corrected chi connectivity index (χ0v) is 9.91. The fraction of sp³-hybridized carbons (Fsp3) is 0.231. The van der Waals surface area contributed by atoms with Gasteiger partial charge in [-0.1, -0.05) is 24.3 Å². The second-order valence-corrected chi connectivity index (χ2v) is 5.22. The predicted octanol–water partition coefficient (Wildman–Crippen LogP) is 2.92. The van der Waals surface area contributed by atoms with E-state index in [2.05, 4.69) is 17.1 Å². The maximum absolute atomic E-state index is 10.8. The van der Waals surface area contributed by atoms with E-state index in [-0.39, 0.29) is 5.92 Å². The van der Waals surface area contributed by atoms with Crippen molar-refractivity contribution in [2.24, 2.45) is 0 Å². The van der Waals surface area contributed by atoms with Crippen LogP contribution in [-0.4, -0.2) is 16.1 Å². The minimum absolute atomic E-state index is 0.282. The molecule has 17 heavy (non-hydrogen) atoms. The average Bonchev–Trinajstić information content (AvgIpc) is 2.95. The number of aryl methyl sites for hydroxylation is 1. The monoisotopic (exact) mass is 245 g/mol. The molecule has 1 N–H and O–H groups in total. The highest BCUT2D eigenvalue weighted by molar-refractivity contribution is 7.13. The van der Waals surface area contributed by atoms with Crippen molar-refractivity contribution in [1.82, 2.24) is 4.98 Å². The Morgan fingerprint density at radius 1 is 1.41 bits per heavy atom. The smallest absolute Gasteiger partial charge is 0.347 e. The molecule has 1 aromatic heterocycles. The molecule has 3 rings (SSSR count). The second kappa shape index (κ2) is 3.96. The molecule has 1 aromatic carbocycles. The number of aromatic carboxylic acids is 1. The quantitative estimate of drug-likeness (QED) is 0.885. The molecule has 0 spiro atoms. The third kappa shape index (κ3) is 1.74. The first-order valence-corrected chi connectivity index (χ1v) is 6.34. The lowest BCUT2D eigenvalue weighted by Gasteiger charge is -2.07. The molecule has 1 unspecified atom stereocenters. The van der Waals surface area contributed by atoms with E-state index >= 15 is 0 Å². The van der Waals surface area contributed by atoms with Crippen molar-refractivity contribution in [3.8, 4) is 0 Å². The molecule has 1 heterocycles. The zero-order chi connectivity index (χ0) is 11.8. The number of hydrogen-bond donors (Lipinski definition) is 1. The summed E-state index contributed by atoms with van der Waals surface area (Å²) in [6, 6.07) is 8.34. The van der Waals surface area contributed by atoms with Crippen molar-refractivity contribution in [1.29, 1.82) is 0 Å². The van der Waals surface area contributed by atoms with Crippen LogP contribution in [0.25, 0.3) is 0 Å². The number of rotatable bonds is 2. The van der Waals surface area contributed by atoms with Crippen LogP contribution in [0.1, 0.15) is 38.1 Å². The van der Waals surface area contributed by atoms with Gasteiger partial charge in [0.05, 0.1) is 6.20 Å². The Kier molecular flexibility index (Phi) is 2.44. The van der Waals surface area contributed by atoms with Gasteiger partial charge in [-0.2, -0.15) is 0 Å². The van der Waals surface area contributed by atoms with Crippen LogP contribution in [-0.2, 0) is 6.42 Å². The summed E-state index contributed by atoms with van der Waals surface area (Å²) >= 11 is 1.29. The van der Waals surface area contributed by atoms with Crippen LogP contribution in [0, 0.1) is 0 Å². The first kappa shape index (κ1) is 10.5. The minimum Gasteiger partial charge on any atom is -0.477 e. The first-order chi connectivity index (χ1) is 8.25. The summed E-state index contributed by atoms with van der Waals surface area (Å²) in [5.74, 6) is -0.607. The Bertz CT molecular complexity index is 576. The van der Waals surface area contributed by atoms with Gasteiger partial charge < -0.3 is 5.11 Å². The van der Waals surface area contributed by atoms with Gasteiger partial charge in [0.2, 0.25) is 0 Å². The normalized spacial score (nSPS) is 18.0. The zero-order valence-electron chi connectivity index (χ0n) is 9.09. The molecular formula is C13H11NO2S. The summed E-state index contributed by atoms with van der Waals surface area (Å²) in [6.07, 6.45) is 3.55. The van der Waals surface area contributed by atoms with Crippen molar-refractivity contribution in [3.63, 3.8) is 0 Å². The second-order valence-electron chi connectivity index (χ2n) is 4.16. The summed E-state index contributed by atoms with van der Waals surface area (Å²) in [7, 11) is 0. The number of carbonyl (C=O) groups is 1. The van der Waals surface area contributed by atoms with Gasteiger partial charge in [-0.25, -0.2) is 9.78 Å². The minimum atomic E-state index is -0.889. The van der Waals surface area contributed by atoms with Gasteiger partial charge in [-0.3, -0.25) is 0 Å². The van der Waals surface area contributed by atoms with E-state index in [9.17, 15) is 4.79 Å². The average molecular weight is 245 g/mol. The van der Waals surface area contributed by atoms with Gasteiger partial charge in [-0.05, 0) is 24.0 Å². The molecule has 86 valence electrons. The molecule has 3 nitrogen and oxygen atoms in total. The Morgan fingerprint density at radius 3 is 3.00 bits per heavy atom. The van der Waals surface area contributed by atoms with E-state index in [4.69, 9.17) is 5.11 Å². The molecule has 0 saturated carbocycles. The number of nitrogens with zero attached hydrogens (tertiary/aromatic N) is 1. The Hall–Kier alpha value is -1.68. The largest absolute Gasteiger partial charge is 0.477 e. The van der Waals surface area contributed by atoms with Crippen molar-refractivity contribution in [2.45, 2.75) is 18.8 Å². The van der Waals surface area contributed by atoms with Gasteiger partial charge in [0.1, 0.15) is 9.88 Å². The molecule has 0 amide bonds. The fourth-order valence-corrected chi connectivity index (χ4v) is 3.27. The highest BCUT2D eigenvalue weighted by Crippen LogP contribution is 2.39. The molecule has 0 aliphatic heterocycles. The highest BCUT2D eigenvalue weighted by atomic mass is 32.1. The number of fused-ring (bicyclic) bond motifs is 1. The van der Waals surface area contributed by atoms with Crippen molar-refractivity contribution in [3.05, 3.63) is 51.5 Å². The molecule has 0 radical (unpaired) electrons. The maximum atomic E-state index is 10.8. The number of carboxylic acids is 1. The number of benzene rings is 1. The summed E-state index contributed by atoms with van der Waals surface area (Å²) in [5.41, 5.74) is 2.67. The molecule has 0 saturated heterocycles. The van der Waals surface area contributed by atoms with Gasteiger partial charge >= 0.3 is 5.97 Å². The number of aromatic nitrogens is 1. The maximum Gasteiger partial charge on any atom is 0.347 e. The van der Waals surface area contributed by atoms with E-state index in [0.717, 1.165) is 17.8 Å². The number of hydrogen-bond acceptors (Lipinski definition) is 3. The Balaban J connectivity index is 1.98. The van der Waals surface area contributed by atoms with E-state index in [0.29, 0.717) is 4.88 Å². The molecule has 1 atom stereocenters. The molecule has 0 bridgehead atoms. The van der Waals surface area contributed by atoms with Crippen LogP contribution in [0.15, 0.2) is 30.5 Å². The Morgan fingerprint density at radius 2 is 2.24 bits per heavy atom. The third-order valence-corrected chi connectivity index (χ3v) is 4.26. The van der Waals surface area contributed by atoms with Gasteiger partial charge in [0, 0.05) is 5.92 Å². The standard InChI is InChI=1S/C13H11NO2S/c15-13(16)11-7-14-12(17-11)10-6-5-8-3-1-2-4-9(8)10/h1-4,7,10H,5-6H2,(H,15,16). The highest BCUT2D eigenvalue weighted by Gasteiger charge is 2.26. The van der Waals surface area contributed by atoms with E-state index < -0.39 is 5.97 Å². The molecule has 1 aliphatic rings. The summed E-state index contributed by atoms with van der Waals surface area (Å²) in [5, 5.41) is 9.83. The van der Waals surface area contributed by atoms with Crippen molar-refractivity contribution < 1.29 is 9.90 Å². The van der Waals surface area contributed by atoms with Gasteiger partial charge in [0.25, 0.3) is 0 Å². The molecule has 0 fully saturated rings. The summed E-state index contributed by atoms with van der Waals surface area (Å²) in [4.78, 5) is 15.4. The lowest BCUT2D eigenvalue weighted by molar-refractivity contribution is 0.0702. The molecule has 2 aromatic rings. The number of thiazole rings is 1. The van der Waals surface area contributed by atoms with Gasteiger partial charge in [-0.15, -0.1) is 11.3 Å². The topological polar surface area (TPSA) is 50.2 Å². The van der Waals surface area contributed by atoms with E-state index in [1.807, 2.05) is 12.1 Å². The van der Waals surface area contributed by atoms with Crippen molar-refractivity contribution in [2.75, 3.05) is 0 Å². The van der Waals surface area contributed by atoms with Crippen molar-refractivity contribution >= 4 is 17.3 Å². The van der Waals surface area contributed by atoms with Crippen LogP contribution in [0.3, 0.4) is 0 Å². The van der Waals surface area contributed by atoms with Crippen LogP contribution in [0.5, 0.6) is 0 Å². The predicted molar refractivity (Wildman–Crippen MR) is 65.7 cm³/mol. The Labute approximate surface area is 103 Å². The molecule has 1 aliphatic carbocycles. The van der Waals surface area contributed by atoms with Crippen LogP contribution < -0.4 is 0 Å². The lowest BCUT2D eigenvalue weighted by Crippen LogP contribution is -1.94. The van der Waals surface area contributed by atoms with Crippen LogP contribution >= 0.6 is 11.3 Å². The fourth-order valence-electron chi connectivity index (χ4n) is 2.36. The van der Waals surface area contributed by atoms with E-state index in [1.165, 1.54) is 28.7 Å². The van der Waals surface area contributed by atoms with Crippen LogP contribution in [0.4, 0.5) is 0 Å². The van der Waals surface area contributed by atoms with Crippen LogP contribution in [0.2, 0.25) is 0 Å². The summed E-state index contributed by atoms with van der Waals surface area (Å²) < 4.78 is 0. The van der Waals surface area contributed by atoms with Gasteiger partial charge in [0.15, 0.2) is 0 Å². The molecule has 4 heteroatoms. The van der Waals surface area contributed by atoms with E-state index in [1.54, 1.807) is 0 Å². The first-order valence-electron chi connectivity index (χ1n) is 5.52. The summed E-state index contributed by atoms with van der Waals surface area (Å²) in [6.45, 7) is 0. The lowest BCUT2D eigenvalue weighted by atomic mass is 10.0.